The topological polar surface area (TPSA) is 76.0 Å². The zero-order chi connectivity index (χ0) is 15.7. The fraction of sp³-hybridized carbons (Fsp3) is 0.375. The third kappa shape index (κ3) is 2.46. The standard InChI is InChI=1S/C16H20N4O2/c1-4-11(21)8-20-16(17-9-18-20)15-10(2)13-7-12(22-3)5-6-14(13)19-15/h5-7,9,11,19,21H,4,8H2,1-3H3/t11-/m0/s1. The second-order valence-corrected chi connectivity index (χ2v) is 5.36. The zero-order valence-corrected chi connectivity index (χ0v) is 13.0. The van der Waals surface area contributed by atoms with Crippen molar-refractivity contribution in [2.45, 2.75) is 32.9 Å². The van der Waals surface area contributed by atoms with Crippen LogP contribution in [0.25, 0.3) is 22.4 Å². The van der Waals surface area contributed by atoms with E-state index in [4.69, 9.17) is 4.74 Å². The van der Waals surface area contributed by atoms with E-state index in [1.807, 2.05) is 32.0 Å². The summed E-state index contributed by atoms with van der Waals surface area (Å²) in [6, 6.07) is 5.92. The molecule has 0 saturated carbocycles. The molecule has 22 heavy (non-hydrogen) atoms. The molecule has 6 heteroatoms. The number of rotatable bonds is 5. The molecule has 0 spiro atoms. The number of hydrogen-bond donors (Lipinski definition) is 2. The van der Waals surface area contributed by atoms with Gasteiger partial charge < -0.3 is 14.8 Å². The first-order valence-corrected chi connectivity index (χ1v) is 7.36. The van der Waals surface area contributed by atoms with Gasteiger partial charge in [0.25, 0.3) is 0 Å². The molecule has 3 aromatic rings. The van der Waals surface area contributed by atoms with Crippen molar-refractivity contribution in [1.82, 2.24) is 19.7 Å². The van der Waals surface area contributed by atoms with Crippen LogP contribution < -0.4 is 4.74 Å². The lowest BCUT2D eigenvalue weighted by atomic mass is 10.1. The normalized spacial score (nSPS) is 12.7. The molecule has 0 bridgehead atoms. The van der Waals surface area contributed by atoms with E-state index in [1.165, 1.54) is 6.33 Å². The fourth-order valence-corrected chi connectivity index (χ4v) is 2.58. The summed E-state index contributed by atoms with van der Waals surface area (Å²) in [5.41, 5.74) is 3.04. The van der Waals surface area contributed by atoms with Gasteiger partial charge in [0, 0.05) is 10.9 Å². The Labute approximate surface area is 128 Å². The Balaban J connectivity index is 2.07. The van der Waals surface area contributed by atoms with Gasteiger partial charge in [-0.1, -0.05) is 6.92 Å². The number of fused-ring (bicyclic) bond motifs is 1. The monoisotopic (exact) mass is 300 g/mol. The molecule has 0 saturated heterocycles. The van der Waals surface area contributed by atoms with Gasteiger partial charge in [-0.15, -0.1) is 0 Å². The van der Waals surface area contributed by atoms with Gasteiger partial charge in [-0.3, -0.25) is 0 Å². The van der Waals surface area contributed by atoms with Crippen LogP contribution in [0.15, 0.2) is 24.5 Å². The van der Waals surface area contributed by atoms with Crippen LogP contribution in [0.3, 0.4) is 0 Å². The number of aryl methyl sites for hydroxylation is 1. The SMILES string of the molecule is CC[C@H](O)Cn1ncnc1-c1[nH]c2ccc(OC)cc2c1C. The average molecular weight is 300 g/mol. The summed E-state index contributed by atoms with van der Waals surface area (Å²) in [5, 5.41) is 15.2. The molecule has 0 aliphatic carbocycles. The van der Waals surface area contributed by atoms with Crippen LogP contribution in [0, 0.1) is 6.92 Å². The van der Waals surface area contributed by atoms with E-state index in [-0.39, 0.29) is 0 Å². The molecule has 0 amide bonds. The summed E-state index contributed by atoms with van der Waals surface area (Å²) in [4.78, 5) is 7.74. The Hall–Kier alpha value is -2.34. The van der Waals surface area contributed by atoms with E-state index < -0.39 is 6.10 Å². The number of nitrogens with zero attached hydrogens (tertiary/aromatic N) is 3. The van der Waals surface area contributed by atoms with Gasteiger partial charge >= 0.3 is 0 Å². The van der Waals surface area contributed by atoms with Crippen LogP contribution in [0.1, 0.15) is 18.9 Å². The van der Waals surface area contributed by atoms with Crippen LogP contribution in [0.5, 0.6) is 5.75 Å². The number of nitrogens with one attached hydrogen (secondary N) is 1. The number of aliphatic hydroxyl groups excluding tert-OH is 1. The van der Waals surface area contributed by atoms with E-state index in [9.17, 15) is 5.11 Å². The molecule has 0 fully saturated rings. The predicted molar refractivity (Wildman–Crippen MR) is 84.9 cm³/mol. The number of H-pyrrole nitrogens is 1. The van der Waals surface area contributed by atoms with Gasteiger partial charge in [-0.25, -0.2) is 9.67 Å². The Morgan fingerprint density at radius 3 is 2.95 bits per heavy atom. The summed E-state index contributed by atoms with van der Waals surface area (Å²) >= 11 is 0. The minimum Gasteiger partial charge on any atom is -0.497 e. The van der Waals surface area contributed by atoms with E-state index in [0.717, 1.165) is 33.7 Å². The molecule has 116 valence electrons. The van der Waals surface area contributed by atoms with Crippen molar-refractivity contribution in [2.75, 3.05) is 7.11 Å². The van der Waals surface area contributed by atoms with Crippen molar-refractivity contribution in [3.8, 4) is 17.3 Å². The summed E-state index contributed by atoms with van der Waals surface area (Å²) in [6.45, 7) is 4.43. The smallest absolute Gasteiger partial charge is 0.174 e. The minimum absolute atomic E-state index is 0.426. The van der Waals surface area contributed by atoms with Crippen molar-refractivity contribution < 1.29 is 9.84 Å². The van der Waals surface area contributed by atoms with Gasteiger partial charge in [0.15, 0.2) is 5.82 Å². The number of hydrogen-bond acceptors (Lipinski definition) is 4. The first-order chi connectivity index (χ1) is 10.6. The maximum atomic E-state index is 9.86. The summed E-state index contributed by atoms with van der Waals surface area (Å²) in [5.74, 6) is 1.56. The zero-order valence-electron chi connectivity index (χ0n) is 13.0. The molecular formula is C16H20N4O2. The number of benzene rings is 1. The Morgan fingerprint density at radius 2 is 2.23 bits per heavy atom. The molecule has 0 aliphatic heterocycles. The van der Waals surface area contributed by atoms with Crippen LogP contribution in [0.2, 0.25) is 0 Å². The number of aromatic nitrogens is 4. The lowest BCUT2D eigenvalue weighted by Gasteiger charge is -2.09. The fourth-order valence-electron chi connectivity index (χ4n) is 2.58. The van der Waals surface area contributed by atoms with E-state index in [2.05, 4.69) is 15.1 Å². The number of aromatic amines is 1. The minimum atomic E-state index is -0.426. The van der Waals surface area contributed by atoms with Crippen molar-refractivity contribution >= 4 is 10.9 Å². The third-order valence-electron chi connectivity index (χ3n) is 3.96. The Kier molecular flexibility index (Phi) is 3.85. The number of aliphatic hydroxyl groups is 1. The highest BCUT2D eigenvalue weighted by molar-refractivity contribution is 5.90. The van der Waals surface area contributed by atoms with E-state index >= 15 is 0 Å². The average Bonchev–Trinajstić information content (AvgIpc) is 3.11. The number of ether oxygens (including phenoxy) is 1. The second kappa shape index (κ2) is 5.81. The maximum absolute atomic E-state index is 9.86. The first-order valence-electron chi connectivity index (χ1n) is 7.36. The maximum Gasteiger partial charge on any atom is 0.174 e. The number of methoxy groups -OCH3 is 1. The molecule has 0 radical (unpaired) electrons. The molecule has 2 heterocycles. The Morgan fingerprint density at radius 1 is 1.41 bits per heavy atom. The molecule has 3 rings (SSSR count). The van der Waals surface area contributed by atoms with Crippen molar-refractivity contribution in [3.05, 3.63) is 30.1 Å². The van der Waals surface area contributed by atoms with Crippen molar-refractivity contribution in [2.24, 2.45) is 0 Å². The highest BCUT2D eigenvalue weighted by Crippen LogP contribution is 2.30. The quantitative estimate of drug-likeness (QED) is 0.759. The summed E-state index contributed by atoms with van der Waals surface area (Å²) in [7, 11) is 1.66. The van der Waals surface area contributed by atoms with Gasteiger partial charge in [-0.05, 0) is 37.1 Å². The van der Waals surface area contributed by atoms with Gasteiger partial charge in [0.1, 0.15) is 12.1 Å². The van der Waals surface area contributed by atoms with E-state index in [1.54, 1.807) is 11.8 Å². The third-order valence-corrected chi connectivity index (χ3v) is 3.96. The molecule has 0 unspecified atom stereocenters. The molecule has 2 aromatic heterocycles. The second-order valence-electron chi connectivity index (χ2n) is 5.36. The van der Waals surface area contributed by atoms with Crippen molar-refractivity contribution in [3.63, 3.8) is 0 Å². The molecule has 1 aromatic carbocycles. The van der Waals surface area contributed by atoms with Gasteiger partial charge in [0.05, 0.1) is 25.5 Å². The highest BCUT2D eigenvalue weighted by Gasteiger charge is 2.16. The van der Waals surface area contributed by atoms with Crippen LogP contribution in [0.4, 0.5) is 0 Å². The lowest BCUT2D eigenvalue weighted by molar-refractivity contribution is 0.146. The summed E-state index contributed by atoms with van der Waals surface area (Å²) in [6.07, 6.45) is 1.77. The van der Waals surface area contributed by atoms with Gasteiger partial charge in [0.2, 0.25) is 0 Å². The van der Waals surface area contributed by atoms with Crippen molar-refractivity contribution in [1.29, 1.82) is 0 Å². The highest BCUT2D eigenvalue weighted by atomic mass is 16.5. The Bertz CT molecular complexity index is 791. The first kappa shape index (κ1) is 14.6. The van der Waals surface area contributed by atoms with Gasteiger partial charge in [-0.2, -0.15) is 5.10 Å². The predicted octanol–water partition coefficient (Wildman–Crippen LogP) is 2.51. The van der Waals surface area contributed by atoms with E-state index in [0.29, 0.717) is 13.0 Å². The van der Waals surface area contributed by atoms with Crippen LogP contribution in [-0.2, 0) is 6.54 Å². The molecule has 1 atom stereocenters. The molecule has 2 N–H and O–H groups in total. The molecule has 6 nitrogen and oxygen atoms in total. The van der Waals surface area contributed by atoms with Crippen LogP contribution >= 0.6 is 0 Å². The lowest BCUT2D eigenvalue weighted by Crippen LogP contribution is -2.16. The van der Waals surface area contributed by atoms with Crippen LogP contribution in [-0.4, -0.2) is 38.1 Å². The largest absolute Gasteiger partial charge is 0.497 e. The molecule has 0 aliphatic rings. The summed E-state index contributed by atoms with van der Waals surface area (Å²) < 4.78 is 7.03. The molecular weight excluding hydrogens is 280 g/mol.